The minimum absolute atomic E-state index is 0.0442. The molecule has 0 aliphatic heterocycles. The number of halogens is 4. The summed E-state index contributed by atoms with van der Waals surface area (Å²) >= 11 is 7.08. The molecule has 0 heterocycles. The zero-order valence-corrected chi connectivity index (χ0v) is 13.6. The Bertz CT molecular complexity index is 719. The molecule has 0 aromatic heterocycles. The fourth-order valence-electron chi connectivity index (χ4n) is 1.99. The van der Waals surface area contributed by atoms with Crippen LogP contribution < -0.4 is 5.32 Å². The van der Waals surface area contributed by atoms with Crippen molar-refractivity contribution in [2.75, 3.05) is 11.1 Å². The van der Waals surface area contributed by atoms with Crippen molar-refractivity contribution in [2.24, 2.45) is 0 Å². The molecule has 0 aliphatic rings. The van der Waals surface area contributed by atoms with E-state index in [1.165, 1.54) is 17.8 Å². The van der Waals surface area contributed by atoms with Gasteiger partial charge in [-0.3, -0.25) is 4.79 Å². The van der Waals surface area contributed by atoms with Crippen molar-refractivity contribution in [1.82, 2.24) is 0 Å². The van der Waals surface area contributed by atoms with E-state index in [2.05, 4.69) is 5.32 Å². The molecule has 1 N–H and O–H groups in total. The van der Waals surface area contributed by atoms with Gasteiger partial charge in [0, 0.05) is 9.92 Å². The molecule has 0 saturated heterocycles. The van der Waals surface area contributed by atoms with Crippen molar-refractivity contribution in [3.63, 3.8) is 0 Å². The number of carbonyl (C=O) groups excluding carboxylic acids is 1. The van der Waals surface area contributed by atoms with E-state index in [-0.39, 0.29) is 10.7 Å². The van der Waals surface area contributed by atoms with Gasteiger partial charge in [0.2, 0.25) is 0 Å². The number of nitrogens with one attached hydrogen (secondary N) is 1. The van der Waals surface area contributed by atoms with Gasteiger partial charge in [0.25, 0.3) is 5.91 Å². The molecule has 0 atom stereocenters. The number of carbonyl (C=O) groups is 1. The SMILES string of the molecule is CCSc1ccccc1C(=O)Nc1ccc(Cl)cc1C(F)(F)F. The van der Waals surface area contributed by atoms with E-state index in [0.717, 1.165) is 22.8 Å². The molecule has 7 heteroatoms. The van der Waals surface area contributed by atoms with Crippen LogP contribution in [0.15, 0.2) is 47.4 Å². The standard InChI is InChI=1S/C16H13ClF3NOS/c1-2-23-14-6-4-3-5-11(14)15(22)21-13-8-7-10(17)9-12(13)16(18,19)20/h3-9H,2H2,1H3,(H,21,22). The van der Waals surface area contributed by atoms with Crippen LogP contribution in [-0.2, 0) is 6.18 Å². The van der Waals surface area contributed by atoms with E-state index >= 15 is 0 Å². The van der Waals surface area contributed by atoms with Gasteiger partial charge in [-0.1, -0.05) is 30.7 Å². The summed E-state index contributed by atoms with van der Waals surface area (Å²) in [6.45, 7) is 1.93. The maximum atomic E-state index is 13.1. The van der Waals surface area contributed by atoms with Crippen LogP contribution in [0.4, 0.5) is 18.9 Å². The zero-order chi connectivity index (χ0) is 17.0. The molecule has 2 aromatic rings. The van der Waals surface area contributed by atoms with Crippen molar-refractivity contribution in [3.05, 3.63) is 58.6 Å². The maximum Gasteiger partial charge on any atom is 0.418 e. The summed E-state index contributed by atoms with van der Waals surface area (Å²) in [7, 11) is 0. The number of anilines is 1. The second kappa shape index (κ2) is 7.27. The van der Waals surface area contributed by atoms with Gasteiger partial charge < -0.3 is 5.32 Å². The average Bonchev–Trinajstić information content (AvgIpc) is 2.49. The first-order chi connectivity index (χ1) is 10.8. The summed E-state index contributed by atoms with van der Waals surface area (Å²) in [5.74, 6) is 0.161. The van der Waals surface area contributed by atoms with E-state index < -0.39 is 17.6 Å². The molecule has 0 fully saturated rings. The summed E-state index contributed by atoms with van der Waals surface area (Å²) in [6, 6.07) is 10.0. The lowest BCUT2D eigenvalue weighted by molar-refractivity contribution is -0.136. The Labute approximate surface area is 141 Å². The third kappa shape index (κ3) is 4.42. The number of hydrogen-bond acceptors (Lipinski definition) is 2. The van der Waals surface area contributed by atoms with Gasteiger partial charge in [0.15, 0.2) is 0 Å². The number of amides is 1. The average molecular weight is 360 g/mol. The van der Waals surface area contributed by atoms with Crippen LogP contribution in [0.5, 0.6) is 0 Å². The first-order valence-electron chi connectivity index (χ1n) is 6.73. The van der Waals surface area contributed by atoms with Crippen LogP contribution in [0.1, 0.15) is 22.8 Å². The second-order valence-electron chi connectivity index (χ2n) is 4.57. The van der Waals surface area contributed by atoms with E-state index in [0.29, 0.717) is 5.56 Å². The molecule has 0 radical (unpaired) electrons. The van der Waals surface area contributed by atoms with Gasteiger partial charge in [-0.2, -0.15) is 13.2 Å². The van der Waals surface area contributed by atoms with Crippen LogP contribution in [0.2, 0.25) is 5.02 Å². The van der Waals surface area contributed by atoms with Crippen molar-refractivity contribution in [2.45, 2.75) is 18.0 Å². The highest BCUT2D eigenvalue weighted by molar-refractivity contribution is 7.99. The monoisotopic (exact) mass is 359 g/mol. The Morgan fingerprint density at radius 3 is 2.57 bits per heavy atom. The molecule has 122 valence electrons. The number of benzene rings is 2. The second-order valence-corrected chi connectivity index (χ2v) is 6.31. The van der Waals surface area contributed by atoms with Crippen molar-refractivity contribution >= 4 is 35.0 Å². The van der Waals surface area contributed by atoms with Crippen molar-refractivity contribution in [3.8, 4) is 0 Å². The summed E-state index contributed by atoms with van der Waals surface area (Å²) in [5, 5.41) is 2.28. The van der Waals surface area contributed by atoms with Crippen LogP contribution in [0, 0.1) is 0 Å². The predicted octanol–water partition coefficient (Wildman–Crippen LogP) is 5.72. The van der Waals surface area contributed by atoms with E-state index in [1.807, 2.05) is 6.92 Å². The largest absolute Gasteiger partial charge is 0.418 e. The lowest BCUT2D eigenvalue weighted by Crippen LogP contribution is -2.17. The van der Waals surface area contributed by atoms with Crippen molar-refractivity contribution in [1.29, 1.82) is 0 Å². The Morgan fingerprint density at radius 1 is 1.22 bits per heavy atom. The van der Waals surface area contributed by atoms with Gasteiger partial charge in [-0.15, -0.1) is 11.8 Å². The summed E-state index contributed by atoms with van der Waals surface area (Å²) in [6.07, 6.45) is -4.61. The highest BCUT2D eigenvalue weighted by atomic mass is 35.5. The topological polar surface area (TPSA) is 29.1 Å². The van der Waals surface area contributed by atoms with E-state index in [1.54, 1.807) is 24.3 Å². The molecule has 0 aliphatic carbocycles. The summed E-state index contributed by atoms with van der Waals surface area (Å²) in [5.41, 5.74) is -0.954. The minimum Gasteiger partial charge on any atom is -0.321 e. The number of alkyl halides is 3. The molecule has 2 nitrogen and oxygen atoms in total. The van der Waals surface area contributed by atoms with Gasteiger partial charge in [0.05, 0.1) is 16.8 Å². The molecule has 23 heavy (non-hydrogen) atoms. The fraction of sp³-hybridized carbons (Fsp3) is 0.188. The molecule has 0 spiro atoms. The Kier molecular flexibility index (Phi) is 5.59. The third-order valence-corrected chi connectivity index (χ3v) is 4.16. The lowest BCUT2D eigenvalue weighted by atomic mass is 10.1. The molecule has 2 rings (SSSR count). The zero-order valence-electron chi connectivity index (χ0n) is 12.1. The first-order valence-corrected chi connectivity index (χ1v) is 8.09. The van der Waals surface area contributed by atoms with Crippen LogP contribution in [0.25, 0.3) is 0 Å². The first kappa shape index (κ1) is 17.7. The Hall–Kier alpha value is -1.66. The van der Waals surface area contributed by atoms with Crippen LogP contribution in [0.3, 0.4) is 0 Å². The smallest absolute Gasteiger partial charge is 0.321 e. The molecule has 1 amide bonds. The van der Waals surface area contributed by atoms with Crippen molar-refractivity contribution < 1.29 is 18.0 Å². The predicted molar refractivity (Wildman–Crippen MR) is 87.2 cm³/mol. The molecule has 2 aromatic carbocycles. The van der Waals surface area contributed by atoms with E-state index in [4.69, 9.17) is 11.6 Å². The fourth-order valence-corrected chi connectivity index (χ4v) is 2.96. The van der Waals surface area contributed by atoms with Gasteiger partial charge >= 0.3 is 6.18 Å². The summed E-state index contributed by atoms with van der Waals surface area (Å²) < 4.78 is 39.2. The van der Waals surface area contributed by atoms with E-state index in [9.17, 15) is 18.0 Å². The normalized spacial score (nSPS) is 11.3. The number of thioether (sulfide) groups is 1. The van der Waals surface area contributed by atoms with Gasteiger partial charge in [0.1, 0.15) is 0 Å². The van der Waals surface area contributed by atoms with Gasteiger partial charge in [-0.25, -0.2) is 0 Å². The highest BCUT2D eigenvalue weighted by Crippen LogP contribution is 2.37. The quantitative estimate of drug-likeness (QED) is 0.707. The number of rotatable bonds is 4. The molecule has 0 unspecified atom stereocenters. The molecule has 0 saturated carbocycles. The highest BCUT2D eigenvalue weighted by Gasteiger charge is 2.34. The summed E-state index contributed by atoms with van der Waals surface area (Å²) in [4.78, 5) is 13.1. The molecule has 0 bridgehead atoms. The minimum atomic E-state index is -4.61. The van der Waals surface area contributed by atoms with Crippen LogP contribution >= 0.6 is 23.4 Å². The Morgan fingerprint density at radius 2 is 1.91 bits per heavy atom. The third-order valence-electron chi connectivity index (χ3n) is 2.97. The lowest BCUT2D eigenvalue weighted by Gasteiger charge is -2.15. The number of hydrogen-bond donors (Lipinski definition) is 1. The molecular formula is C16H13ClF3NOS. The maximum absolute atomic E-state index is 13.1. The Balaban J connectivity index is 2.35. The molecular weight excluding hydrogens is 347 g/mol. The van der Waals surface area contributed by atoms with Gasteiger partial charge in [-0.05, 0) is 36.1 Å². The van der Waals surface area contributed by atoms with Crippen LogP contribution in [-0.4, -0.2) is 11.7 Å².